The van der Waals surface area contributed by atoms with Crippen molar-refractivity contribution in [1.82, 2.24) is 0 Å². The maximum atomic E-state index is 12.8. The molecule has 0 bridgehead atoms. The minimum Gasteiger partial charge on any atom is -0.491 e. The molecule has 10 heteroatoms. The fraction of sp³-hybridized carbons (Fsp3) is 0.333. The Bertz CT molecular complexity index is 864. The van der Waals surface area contributed by atoms with Crippen LogP contribution in [0.15, 0.2) is 46.2 Å². The Hall–Kier alpha value is -1.22. The van der Waals surface area contributed by atoms with E-state index in [2.05, 4.69) is 0 Å². The van der Waals surface area contributed by atoms with Crippen molar-refractivity contribution in [2.75, 3.05) is 25.7 Å². The molecule has 0 amide bonds. The first-order valence-electron chi connectivity index (χ1n) is 8.24. The molecular weight excluding hydrogens is 451 g/mol. The van der Waals surface area contributed by atoms with Gasteiger partial charge in [0.15, 0.2) is 5.75 Å². The van der Waals surface area contributed by atoms with Crippen molar-refractivity contribution in [1.29, 1.82) is 0 Å². The molecule has 2 N–H and O–H groups in total. The Morgan fingerprint density at radius 1 is 1.00 bits per heavy atom. The summed E-state index contributed by atoms with van der Waals surface area (Å²) in [5, 5.41) is 18.2. The number of ether oxygens (including phenoxy) is 2. The van der Waals surface area contributed by atoms with Crippen LogP contribution in [0, 0.1) is 0 Å². The van der Waals surface area contributed by atoms with E-state index in [1.165, 1.54) is 36.4 Å². The van der Waals surface area contributed by atoms with Gasteiger partial charge >= 0.3 is 0 Å². The number of hydrogen-bond acceptors (Lipinski definition) is 6. The average Bonchev–Trinajstić information content (AvgIpc) is 2.68. The van der Waals surface area contributed by atoms with Crippen LogP contribution in [0.25, 0.3) is 0 Å². The van der Waals surface area contributed by atoms with Crippen molar-refractivity contribution < 1.29 is 28.1 Å². The first kappa shape index (κ1) is 23.1. The Kier molecular flexibility index (Phi) is 8.67. The molecule has 0 spiro atoms. The summed E-state index contributed by atoms with van der Waals surface area (Å²) in [4.78, 5) is -0.0536. The zero-order valence-electron chi connectivity index (χ0n) is 14.6. The smallest absolute Gasteiger partial charge is 0.206 e. The van der Waals surface area contributed by atoms with Crippen LogP contribution >= 0.6 is 34.8 Å². The maximum Gasteiger partial charge on any atom is 0.206 e. The topological polar surface area (TPSA) is 93.1 Å². The molecule has 0 aliphatic carbocycles. The molecule has 0 aliphatic rings. The lowest BCUT2D eigenvalue weighted by molar-refractivity contribution is 0.0536. The highest BCUT2D eigenvalue weighted by Crippen LogP contribution is 2.37. The van der Waals surface area contributed by atoms with Gasteiger partial charge in [-0.05, 0) is 42.8 Å². The summed E-state index contributed by atoms with van der Waals surface area (Å²) >= 11 is 17.9. The number of hydrogen-bond donors (Lipinski definition) is 2. The molecule has 0 fully saturated rings. The molecule has 0 radical (unpaired) electrons. The third-order valence-electron chi connectivity index (χ3n) is 3.59. The maximum absolute atomic E-state index is 12.8. The van der Waals surface area contributed by atoms with Crippen LogP contribution < -0.4 is 9.47 Å². The number of aliphatic hydroxyl groups is 2. The van der Waals surface area contributed by atoms with Crippen LogP contribution in [0.5, 0.6) is 11.5 Å². The molecule has 2 aromatic carbocycles. The highest BCUT2D eigenvalue weighted by molar-refractivity contribution is 7.91. The lowest BCUT2D eigenvalue weighted by atomic mass is 10.3. The number of halogens is 3. The molecule has 0 heterocycles. The van der Waals surface area contributed by atoms with E-state index in [-0.39, 0.29) is 32.2 Å². The molecule has 0 aliphatic heterocycles. The van der Waals surface area contributed by atoms with Gasteiger partial charge in [-0.15, -0.1) is 11.6 Å². The largest absolute Gasteiger partial charge is 0.491 e. The zero-order chi connectivity index (χ0) is 20.7. The highest BCUT2D eigenvalue weighted by Gasteiger charge is 2.21. The lowest BCUT2D eigenvalue weighted by Crippen LogP contribution is -2.21. The molecule has 6 nitrogen and oxygen atoms in total. The fourth-order valence-electron chi connectivity index (χ4n) is 2.15. The predicted octanol–water partition coefficient (Wildman–Crippen LogP) is 3.57. The minimum absolute atomic E-state index is 0.0190. The van der Waals surface area contributed by atoms with E-state index in [1.54, 1.807) is 0 Å². The molecule has 2 rings (SSSR count). The van der Waals surface area contributed by atoms with Gasteiger partial charge in [-0.3, -0.25) is 0 Å². The lowest BCUT2D eigenvalue weighted by Gasteiger charge is -2.13. The van der Waals surface area contributed by atoms with Crippen LogP contribution in [0.2, 0.25) is 10.0 Å². The first-order chi connectivity index (χ1) is 13.3. The van der Waals surface area contributed by atoms with Gasteiger partial charge in [0.2, 0.25) is 9.84 Å². The number of aliphatic hydroxyl groups excluding tert-OH is 2. The highest BCUT2D eigenvalue weighted by atomic mass is 35.5. The van der Waals surface area contributed by atoms with Crippen LogP contribution in [0.1, 0.15) is 6.42 Å². The van der Waals surface area contributed by atoms with Crippen molar-refractivity contribution >= 4 is 44.6 Å². The van der Waals surface area contributed by atoms with Crippen LogP contribution in [-0.4, -0.2) is 50.4 Å². The SMILES string of the molecule is O=S(=O)(c1ccc(OC[C@H](O)CO)cc1)c1cc(Cl)c(OCCCCl)c(Cl)c1. The third-order valence-corrected chi connectivity index (χ3v) is 6.17. The molecule has 0 saturated carbocycles. The van der Waals surface area contributed by atoms with Gasteiger partial charge < -0.3 is 19.7 Å². The number of sulfone groups is 1. The molecule has 154 valence electrons. The molecule has 2 aromatic rings. The molecule has 0 unspecified atom stereocenters. The van der Waals surface area contributed by atoms with Gasteiger partial charge in [0.05, 0.1) is 33.0 Å². The summed E-state index contributed by atoms with van der Waals surface area (Å²) in [7, 11) is -3.87. The normalized spacial score (nSPS) is 12.6. The van der Waals surface area contributed by atoms with E-state index >= 15 is 0 Å². The molecule has 28 heavy (non-hydrogen) atoms. The van der Waals surface area contributed by atoms with E-state index < -0.39 is 22.5 Å². The Balaban J connectivity index is 2.22. The minimum atomic E-state index is -3.87. The third kappa shape index (κ3) is 5.89. The summed E-state index contributed by atoms with van der Waals surface area (Å²) in [5.74, 6) is 0.976. The van der Waals surface area contributed by atoms with Gasteiger partial charge in [-0.25, -0.2) is 8.42 Å². The quantitative estimate of drug-likeness (QED) is 0.408. The summed E-state index contributed by atoms with van der Waals surface area (Å²) in [5.41, 5.74) is 0. The number of rotatable bonds is 10. The first-order valence-corrected chi connectivity index (χ1v) is 11.0. The summed E-state index contributed by atoms with van der Waals surface area (Å²) in [6, 6.07) is 8.18. The predicted molar refractivity (Wildman–Crippen MR) is 108 cm³/mol. The van der Waals surface area contributed by atoms with E-state index in [9.17, 15) is 13.5 Å². The summed E-state index contributed by atoms with van der Waals surface area (Å²) < 4.78 is 36.4. The number of alkyl halides is 1. The van der Waals surface area contributed by atoms with E-state index in [0.29, 0.717) is 24.7 Å². The van der Waals surface area contributed by atoms with Crippen molar-refractivity contribution in [2.45, 2.75) is 22.3 Å². The average molecular weight is 470 g/mol. The second-order valence-corrected chi connectivity index (χ2v) is 8.87. The van der Waals surface area contributed by atoms with Crippen LogP contribution in [-0.2, 0) is 9.84 Å². The van der Waals surface area contributed by atoms with Crippen molar-refractivity contribution in [3.8, 4) is 11.5 Å². The van der Waals surface area contributed by atoms with Gasteiger partial charge in [-0.1, -0.05) is 23.2 Å². The Labute approximate surface area is 178 Å². The van der Waals surface area contributed by atoms with E-state index in [4.69, 9.17) is 49.4 Å². The molecule has 0 saturated heterocycles. The second-order valence-electron chi connectivity index (χ2n) is 5.73. The van der Waals surface area contributed by atoms with Crippen LogP contribution in [0.3, 0.4) is 0 Å². The molecule has 1 atom stereocenters. The fourth-order valence-corrected chi connectivity index (χ4v) is 4.30. The zero-order valence-corrected chi connectivity index (χ0v) is 17.7. The Morgan fingerprint density at radius 3 is 2.14 bits per heavy atom. The molecular formula is C18H19Cl3O6S. The van der Waals surface area contributed by atoms with Crippen molar-refractivity contribution in [3.63, 3.8) is 0 Å². The van der Waals surface area contributed by atoms with Crippen LogP contribution in [0.4, 0.5) is 0 Å². The van der Waals surface area contributed by atoms with Gasteiger partial charge in [-0.2, -0.15) is 0 Å². The van der Waals surface area contributed by atoms with Gasteiger partial charge in [0, 0.05) is 5.88 Å². The van der Waals surface area contributed by atoms with E-state index in [0.717, 1.165) is 0 Å². The standard InChI is InChI=1S/C18H19Cl3O6S/c19-6-1-7-26-18-16(20)8-15(9-17(18)21)28(24,25)14-4-2-13(3-5-14)27-11-12(23)10-22/h2-5,8-9,12,22-23H,1,6-7,10-11H2/t12-/m1/s1. The Morgan fingerprint density at radius 2 is 1.61 bits per heavy atom. The van der Waals surface area contributed by atoms with Crippen molar-refractivity contribution in [3.05, 3.63) is 46.4 Å². The van der Waals surface area contributed by atoms with Gasteiger partial charge in [0.25, 0.3) is 0 Å². The van der Waals surface area contributed by atoms with Gasteiger partial charge in [0.1, 0.15) is 18.5 Å². The summed E-state index contributed by atoms with van der Waals surface area (Å²) in [6.07, 6.45) is -0.421. The van der Waals surface area contributed by atoms with E-state index in [1.807, 2.05) is 0 Å². The second kappa shape index (κ2) is 10.5. The summed E-state index contributed by atoms with van der Waals surface area (Å²) in [6.45, 7) is -0.236. The monoisotopic (exact) mass is 468 g/mol. The molecule has 0 aromatic heterocycles. The van der Waals surface area contributed by atoms with Crippen molar-refractivity contribution in [2.24, 2.45) is 0 Å². The number of benzene rings is 2.